The van der Waals surface area contributed by atoms with Gasteiger partial charge in [0.1, 0.15) is 0 Å². The van der Waals surface area contributed by atoms with E-state index in [1.165, 1.54) is 0 Å². The molecule has 0 aliphatic heterocycles. The molecule has 0 unspecified atom stereocenters. The van der Waals surface area contributed by atoms with Crippen molar-refractivity contribution in [3.63, 3.8) is 0 Å². The minimum absolute atomic E-state index is 0. The van der Waals surface area contributed by atoms with E-state index in [2.05, 4.69) is 0 Å². The van der Waals surface area contributed by atoms with Gasteiger partial charge in [-0.15, -0.1) is 0 Å². The van der Waals surface area contributed by atoms with Crippen LogP contribution in [0.25, 0.3) is 0 Å². The number of rotatable bonds is 0. The van der Waals surface area contributed by atoms with Gasteiger partial charge in [-0.25, -0.2) is 0 Å². The first-order chi connectivity index (χ1) is 1.00. The van der Waals surface area contributed by atoms with Crippen LogP contribution in [0, 0.1) is 0 Å². The molecule has 4 heavy (non-hydrogen) atoms. The van der Waals surface area contributed by atoms with Crippen molar-refractivity contribution < 1.29 is 26.9 Å². The Bertz CT molecular complexity index is 14.9. The predicted molar refractivity (Wildman–Crippen MR) is 18.3 cm³/mol. The van der Waals surface area contributed by atoms with E-state index in [1.807, 2.05) is 0 Å². The van der Waals surface area contributed by atoms with Gasteiger partial charge in [-0.3, -0.25) is 0 Å². The zero-order valence-corrected chi connectivity index (χ0v) is 7.20. The first kappa shape index (κ1) is 17.3. The summed E-state index contributed by atoms with van der Waals surface area (Å²) in [6, 6.07) is 0. The Morgan fingerprint density at radius 1 is 1.50 bits per heavy atom. The minimum atomic E-state index is 0. The molecule has 0 aliphatic rings. The van der Waals surface area contributed by atoms with E-state index in [0.717, 1.165) is 0 Å². The Morgan fingerprint density at radius 3 is 1.50 bits per heavy atom. The quantitative estimate of drug-likeness (QED) is 0.301. The molecule has 0 heterocycles. The molecule has 0 saturated heterocycles. The van der Waals surface area contributed by atoms with Crippen LogP contribution in [-0.2, 0) is 3.78 Å². The molecular weight excluding hydrogens is 120 g/mol. The van der Waals surface area contributed by atoms with E-state index in [4.69, 9.17) is 3.78 Å². The Kier molecular flexibility index (Phi) is 95.8. The Labute approximate surface area is 66.1 Å². The van der Waals surface area contributed by atoms with Gasteiger partial charge >= 0.3 is 62.1 Å². The normalized spacial score (nSPS) is 1.00. The van der Waals surface area contributed by atoms with Crippen LogP contribution in [0.5, 0.6) is 0 Å². The Hall–Kier alpha value is 1.71. The topological polar surface area (TPSA) is 17.1 Å². The zero-order chi connectivity index (χ0) is 2.00. The maximum absolute atomic E-state index is 8.38. The van der Waals surface area contributed by atoms with Crippen molar-refractivity contribution in [1.82, 2.24) is 0 Å². The third-order valence-corrected chi connectivity index (χ3v) is 0. The SMILES string of the molecule is [H-].[H-].[H-].[Li+].[Mg+2].[O]=[GeH2]. The van der Waals surface area contributed by atoms with Crippen LogP contribution in [0.3, 0.4) is 0 Å². The monoisotopic (exact) mass is 126 g/mol. The fourth-order valence-electron chi connectivity index (χ4n) is 0. The van der Waals surface area contributed by atoms with Crippen LogP contribution in [-0.4, -0.2) is 39.5 Å². The van der Waals surface area contributed by atoms with Crippen molar-refractivity contribution >= 4 is 39.5 Å². The van der Waals surface area contributed by atoms with Crippen molar-refractivity contribution in [1.29, 1.82) is 0 Å². The van der Waals surface area contributed by atoms with Gasteiger partial charge in [0.2, 0.25) is 0 Å². The maximum atomic E-state index is 8.38. The van der Waals surface area contributed by atoms with Gasteiger partial charge in [-0.05, 0) is 0 Å². The van der Waals surface area contributed by atoms with E-state index < -0.39 is 0 Å². The molecule has 0 aliphatic carbocycles. The van der Waals surface area contributed by atoms with Crippen molar-refractivity contribution in [2.75, 3.05) is 0 Å². The van der Waals surface area contributed by atoms with E-state index in [0.29, 0.717) is 0 Å². The fraction of sp³-hybridized carbons (Fsp3) is 0. The fourth-order valence-corrected chi connectivity index (χ4v) is 0. The Balaban J connectivity index is -0.000000000500. The molecule has 0 aromatic carbocycles. The molecule has 0 N–H and O–H groups in total. The summed E-state index contributed by atoms with van der Waals surface area (Å²) in [4.78, 5) is 0. The first-order valence-corrected chi connectivity index (χ1v) is 1.50. The van der Waals surface area contributed by atoms with E-state index in [9.17, 15) is 0 Å². The number of hydrogen-bond donors (Lipinski definition) is 0. The molecule has 0 radical (unpaired) electrons. The van der Waals surface area contributed by atoms with E-state index in [1.54, 1.807) is 0 Å². The van der Waals surface area contributed by atoms with Crippen LogP contribution in [0.15, 0.2) is 0 Å². The van der Waals surface area contributed by atoms with Crippen LogP contribution >= 0.6 is 0 Å². The van der Waals surface area contributed by atoms with Crippen LogP contribution in [0.1, 0.15) is 4.28 Å². The molecule has 0 aromatic heterocycles. The molecule has 0 saturated carbocycles. The molecule has 0 amide bonds. The van der Waals surface area contributed by atoms with Crippen LogP contribution in [0.4, 0.5) is 0 Å². The van der Waals surface area contributed by atoms with Gasteiger partial charge in [-0.2, -0.15) is 0 Å². The summed E-state index contributed by atoms with van der Waals surface area (Å²) in [5.74, 6) is 0. The molecule has 0 spiro atoms. The molecule has 4 heteroatoms. The summed E-state index contributed by atoms with van der Waals surface area (Å²) in [7, 11) is 0. The average molecular weight is 125 g/mol. The summed E-state index contributed by atoms with van der Waals surface area (Å²) in [6.45, 7) is 0. The summed E-state index contributed by atoms with van der Waals surface area (Å²) >= 11 is 0.125. The molecule has 0 atom stereocenters. The van der Waals surface area contributed by atoms with Crippen LogP contribution in [0.2, 0.25) is 0 Å². The summed E-state index contributed by atoms with van der Waals surface area (Å²) in [5.41, 5.74) is 0. The predicted octanol–water partition coefficient (Wildman–Crippen LogP) is -4.07. The van der Waals surface area contributed by atoms with Crippen molar-refractivity contribution in [2.24, 2.45) is 0 Å². The second-order valence-electron chi connectivity index (χ2n) is 0. The molecule has 0 aromatic rings. The third kappa shape index (κ3) is 9.32. The third-order valence-electron chi connectivity index (χ3n) is 0. The second kappa shape index (κ2) is 22.2. The van der Waals surface area contributed by atoms with Gasteiger partial charge in [0.05, 0.1) is 0 Å². The summed E-state index contributed by atoms with van der Waals surface area (Å²) in [5, 5.41) is 0. The average Bonchev–Trinajstić information content (AvgIpc) is 1.00. The van der Waals surface area contributed by atoms with Crippen molar-refractivity contribution in [2.45, 2.75) is 0 Å². The van der Waals surface area contributed by atoms with Crippen molar-refractivity contribution in [3.05, 3.63) is 0 Å². The van der Waals surface area contributed by atoms with Gasteiger partial charge in [0.25, 0.3) is 0 Å². The second-order valence-corrected chi connectivity index (χ2v) is 0. The summed E-state index contributed by atoms with van der Waals surface area (Å²) in [6.07, 6.45) is 0. The standard InChI is InChI=1S/GeH2O.Li.Mg.3H/c1-2;;;;;/h1H2;;;;;/q;+1;+2;3*-1. The molecule has 1 nitrogen and oxygen atoms in total. The van der Waals surface area contributed by atoms with Crippen molar-refractivity contribution in [3.8, 4) is 0 Å². The summed E-state index contributed by atoms with van der Waals surface area (Å²) < 4.78 is 8.38. The molecule has 18 valence electrons. The van der Waals surface area contributed by atoms with E-state index in [-0.39, 0.29) is 62.6 Å². The molecule has 0 rings (SSSR count). The van der Waals surface area contributed by atoms with Gasteiger partial charge in [0, 0.05) is 0 Å². The number of hydrogen-bond acceptors (Lipinski definition) is 1. The Morgan fingerprint density at radius 2 is 1.50 bits per heavy atom. The van der Waals surface area contributed by atoms with Crippen LogP contribution < -0.4 is 18.9 Å². The van der Waals surface area contributed by atoms with Gasteiger partial charge in [0.15, 0.2) is 0 Å². The van der Waals surface area contributed by atoms with Gasteiger partial charge in [-0.1, -0.05) is 0 Å². The zero-order valence-electron chi connectivity index (χ0n) is 5.82. The molecular formula is H5GeLiMgO. The molecule has 0 bridgehead atoms. The van der Waals surface area contributed by atoms with E-state index >= 15 is 0 Å². The van der Waals surface area contributed by atoms with Gasteiger partial charge < -0.3 is 4.28 Å². The molecule has 0 fully saturated rings. The first-order valence-electron chi connectivity index (χ1n) is 0.289.